The minimum absolute atomic E-state index is 0.839. The molecule has 0 unspecified atom stereocenters. The molecule has 0 bridgehead atoms. The molecule has 21 heavy (non-hydrogen) atoms. The quantitative estimate of drug-likeness (QED) is 0.822. The molecular weight excluding hydrogens is 278 g/mol. The van der Waals surface area contributed by atoms with E-state index in [0.29, 0.717) is 0 Å². The van der Waals surface area contributed by atoms with Crippen LogP contribution in [0.25, 0.3) is 0 Å². The van der Waals surface area contributed by atoms with Crippen LogP contribution in [0, 0.1) is 0 Å². The van der Waals surface area contributed by atoms with Gasteiger partial charge in [-0.25, -0.2) is 0 Å². The van der Waals surface area contributed by atoms with Gasteiger partial charge in [0.15, 0.2) is 0 Å². The van der Waals surface area contributed by atoms with Crippen LogP contribution in [0.4, 0.5) is 0 Å². The molecule has 0 fully saturated rings. The highest BCUT2D eigenvalue weighted by Gasteiger charge is 2.11. The van der Waals surface area contributed by atoms with Gasteiger partial charge >= 0.3 is 0 Å². The summed E-state index contributed by atoms with van der Waals surface area (Å²) in [7, 11) is 1.98. The molecule has 2 aromatic carbocycles. The van der Waals surface area contributed by atoms with E-state index in [1.54, 1.807) is 0 Å². The van der Waals surface area contributed by atoms with E-state index in [0.717, 1.165) is 37.5 Å². The molecule has 1 heterocycles. The fraction of sp³-hybridized carbons (Fsp3) is 0.333. The zero-order valence-corrected chi connectivity index (χ0v) is 13.2. The van der Waals surface area contributed by atoms with Crippen molar-refractivity contribution in [1.82, 2.24) is 5.32 Å². The largest absolute Gasteiger partial charge is 0.493 e. The molecule has 2 aromatic rings. The van der Waals surface area contributed by atoms with Crippen molar-refractivity contribution in [2.45, 2.75) is 24.3 Å². The molecule has 3 rings (SSSR count). The van der Waals surface area contributed by atoms with Crippen molar-refractivity contribution in [1.29, 1.82) is 0 Å². The molecule has 0 aliphatic carbocycles. The maximum Gasteiger partial charge on any atom is 0.122 e. The number of rotatable bonds is 6. The molecule has 2 nitrogen and oxygen atoms in total. The summed E-state index contributed by atoms with van der Waals surface area (Å²) in [6.07, 6.45) is 2.16. The van der Waals surface area contributed by atoms with Crippen LogP contribution in [0.2, 0.25) is 0 Å². The molecule has 0 saturated heterocycles. The lowest BCUT2D eigenvalue weighted by Crippen LogP contribution is -2.04. The van der Waals surface area contributed by atoms with Crippen LogP contribution in [-0.4, -0.2) is 19.4 Å². The number of hydrogen-bond donors (Lipinski definition) is 1. The minimum Gasteiger partial charge on any atom is -0.493 e. The first-order valence-corrected chi connectivity index (χ1v) is 8.44. The first-order chi connectivity index (χ1) is 10.3. The molecule has 3 heteroatoms. The number of nitrogens with one attached hydrogen (secondary N) is 1. The summed E-state index contributed by atoms with van der Waals surface area (Å²) >= 11 is 1.93. The van der Waals surface area contributed by atoms with E-state index in [-0.39, 0.29) is 0 Å². The van der Waals surface area contributed by atoms with Crippen molar-refractivity contribution in [2.75, 3.05) is 19.4 Å². The first kappa shape index (κ1) is 14.5. The smallest absolute Gasteiger partial charge is 0.122 e. The van der Waals surface area contributed by atoms with Crippen LogP contribution in [0.1, 0.15) is 16.7 Å². The Morgan fingerprint density at radius 3 is 3.00 bits per heavy atom. The van der Waals surface area contributed by atoms with E-state index >= 15 is 0 Å². The lowest BCUT2D eigenvalue weighted by molar-refractivity contribution is 0.357. The second-order valence-corrected chi connectivity index (χ2v) is 6.49. The van der Waals surface area contributed by atoms with Gasteiger partial charge in [0.05, 0.1) is 6.61 Å². The Hall–Kier alpha value is -1.45. The Morgan fingerprint density at radius 2 is 2.10 bits per heavy atom. The predicted octanol–water partition coefficient (Wildman–Crippen LogP) is 3.68. The van der Waals surface area contributed by atoms with Crippen molar-refractivity contribution in [3.8, 4) is 5.75 Å². The van der Waals surface area contributed by atoms with Crippen LogP contribution < -0.4 is 10.1 Å². The van der Waals surface area contributed by atoms with Crippen LogP contribution >= 0.6 is 11.8 Å². The first-order valence-electron chi connectivity index (χ1n) is 7.46. The zero-order valence-electron chi connectivity index (χ0n) is 12.4. The van der Waals surface area contributed by atoms with Crippen LogP contribution in [0.15, 0.2) is 47.4 Å². The molecular formula is C18H21NOS. The highest BCUT2D eigenvalue weighted by Crippen LogP contribution is 2.27. The highest BCUT2D eigenvalue weighted by atomic mass is 32.2. The van der Waals surface area contributed by atoms with Crippen LogP contribution in [0.3, 0.4) is 0 Å². The summed E-state index contributed by atoms with van der Waals surface area (Å²) in [5, 5.41) is 3.20. The Labute approximate surface area is 130 Å². The topological polar surface area (TPSA) is 21.3 Å². The SMILES string of the molecule is CNCc1cccc(SCCc2ccc3c(c2)CCO3)c1. The van der Waals surface area contributed by atoms with Gasteiger partial charge in [-0.05, 0) is 48.4 Å². The van der Waals surface area contributed by atoms with E-state index in [2.05, 4.69) is 47.8 Å². The molecule has 110 valence electrons. The van der Waals surface area contributed by atoms with Gasteiger partial charge in [0.1, 0.15) is 5.75 Å². The van der Waals surface area contributed by atoms with Crippen molar-refractivity contribution in [2.24, 2.45) is 0 Å². The lowest BCUT2D eigenvalue weighted by Gasteiger charge is -2.06. The summed E-state index contributed by atoms with van der Waals surface area (Å²) in [6, 6.07) is 15.4. The average Bonchev–Trinajstić information content (AvgIpc) is 2.96. The predicted molar refractivity (Wildman–Crippen MR) is 89.3 cm³/mol. The van der Waals surface area contributed by atoms with Crippen molar-refractivity contribution in [3.05, 3.63) is 59.2 Å². The molecule has 1 aliphatic heterocycles. The maximum atomic E-state index is 5.55. The van der Waals surface area contributed by atoms with Gasteiger partial charge in [-0.1, -0.05) is 24.3 Å². The van der Waals surface area contributed by atoms with Gasteiger partial charge in [0.2, 0.25) is 0 Å². The van der Waals surface area contributed by atoms with Gasteiger partial charge in [-0.3, -0.25) is 0 Å². The van der Waals surface area contributed by atoms with Gasteiger partial charge in [-0.2, -0.15) is 0 Å². The molecule has 1 aliphatic rings. The molecule has 0 spiro atoms. The number of thioether (sulfide) groups is 1. The minimum atomic E-state index is 0.839. The number of fused-ring (bicyclic) bond motifs is 1. The number of ether oxygens (including phenoxy) is 1. The Morgan fingerprint density at radius 1 is 1.14 bits per heavy atom. The fourth-order valence-electron chi connectivity index (χ4n) is 2.63. The standard InChI is InChI=1S/C18H21NOS/c1-19-13-15-3-2-4-17(12-15)21-10-8-14-5-6-18-16(11-14)7-9-20-18/h2-6,11-12,19H,7-10,13H2,1H3. The summed E-state index contributed by atoms with van der Waals surface area (Å²) in [4.78, 5) is 1.35. The van der Waals surface area contributed by atoms with Gasteiger partial charge < -0.3 is 10.1 Å². The molecule has 0 radical (unpaired) electrons. The third-order valence-electron chi connectivity index (χ3n) is 3.69. The van der Waals surface area contributed by atoms with Crippen LogP contribution in [-0.2, 0) is 19.4 Å². The third kappa shape index (κ3) is 3.80. The molecule has 0 saturated carbocycles. The van der Waals surface area contributed by atoms with E-state index in [9.17, 15) is 0 Å². The molecule has 1 N–H and O–H groups in total. The van der Waals surface area contributed by atoms with Crippen LogP contribution in [0.5, 0.6) is 5.75 Å². The maximum absolute atomic E-state index is 5.55. The number of hydrogen-bond acceptors (Lipinski definition) is 3. The van der Waals surface area contributed by atoms with Gasteiger partial charge in [0.25, 0.3) is 0 Å². The van der Waals surface area contributed by atoms with E-state index in [1.165, 1.54) is 21.6 Å². The average molecular weight is 299 g/mol. The normalized spacial score (nSPS) is 13.0. The summed E-state index contributed by atoms with van der Waals surface area (Å²) in [6.45, 7) is 1.77. The van der Waals surface area contributed by atoms with Crippen molar-refractivity contribution >= 4 is 11.8 Å². The Bertz CT molecular complexity index is 612. The van der Waals surface area contributed by atoms with E-state index in [4.69, 9.17) is 4.74 Å². The molecule has 0 amide bonds. The summed E-state index contributed by atoms with van der Waals surface area (Å²) in [5.74, 6) is 2.19. The molecule has 0 aromatic heterocycles. The van der Waals surface area contributed by atoms with E-state index in [1.807, 2.05) is 18.8 Å². The number of aryl methyl sites for hydroxylation is 1. The summed E-state index contributed by atoms with van der Waals surface area (Å²) in [5.41, 5.74) is 4.13. The van der Waals surface area contributed by atoms with Crippen molar-refractivity contribution in [3.63, 3.8) is 0 Å². The van der Waals surface area contributed by atoms with Gasteiger partial charge in [0, 0.05) is 23.6 Å². The summed E-state index contributed by atoms with van der Waals surface area (Å²) < 4.78 is 5.55. The monoisotopic (exact) mass is 299 g/mol. The lowest BCUT2D eigenvalue weighted by atomic mass is 10.1. The van der Waals surface area contributed by atoms with Gasteiger partial charge in [-0.15, -0.1) is 11.8 Å². The number of benzene rings is 2. The van der Waals surface area contributed by atoms with E-state index < -0.39 is 0 Å². The van der Waals surface area contributed by atoms with Crippen molar-refractivity contribution < 1.29 is 4.74 Å². The second-order valence-electron chi connectivity index (χ2n) is 5.32. The zero-order chi connectivity index (χ0) is 14.5. The second kappa shape index (κ2) is 7.01. The third-order valence-corrected chi connectivity index (χ3v) is 4.69. The molecule has 0 atom stereocenters. The Kier molecular flexibility index (Phi) is 4.84. The fourth-order valence-corrected chi connectivity index (χ4v) is 3.61. The Balaban J connectivity index is 1.55. The highest BCUT2D eigenvalue weighted by molar-refractivity contribution is 7.99.